The highest BCUT2D eigenvalue weighted by atomic mass is 35.5. The molecule has 0 unspecified atom stereocenters. The van der Waals surface area contributed by atoms with Gasteiger partial charge in [0.2, 0.25) is 5.91 Å². The second-order valence-electron chi connectivity index (χ2n) is 8.83. The maximum Gasteiger partial charge on any atom is 0.261 e. The molecule has 3 rings (SSSR count). The van der Waals surface area contributed by atoms with Crippen molar-refractivity contribution in [1.29, 1.82) is 0 Å². The first kappa shape index (κ1) is 23.6. The van der Waals surface area contributed by atoms with Crippen LogP contribution in [0, 0.1) is 0 Å². The number of carbonyl (C=O) groups is 2. The zero-order valence-corrected chi connectivity index (χ0v) is 19.6. The van der Waals surface area contributed by atoms with E-state index < -0.39 is 11.6 Å². The Bertz CT molecular complexity index is 1080. The molecular formula is C26H29ClN2O3. The van der Waals surface area contributed by atoms with Crippen molar-refractivity contribution in [2.45, 2.75) is 45.8 Å². The van der Waals surface area contributed by atoms with Crippen molar-refractivity contribution in [2.24, 2.45) is 0 Å². The molecule has 0 aliphatic rings. The van der Waals surface area contributed by atoms with E-state index in [0.717, 1.165) is 16.3 Å². The van der Waals surface area contributed by atoms with Crippen LogP contribution in [0.4, 0.5) is 0 Å². The Morgan fingerprint density at radius 2 is 1.66 bits per heavy atom. The number of nitrogens with zero attached hydrogens (tertiary/aromatic N) is 1. The van der Waals surface area contributed by atoms with Gasteiger partial charge in [-0.3, -0.25) is 9.59 Å². The Morgan fingerprint density at radius 3 is 2.34 bits per heavy atom. The van der Waals surface area contributed by atoms with Crippen LogP contribution in [0.25, 0.3) is 10.8 Å². The van der Waals surface area contributed by atoms with Crippen LogP contribution >= 0.6 is 11.6 Å². The van der Waals surface area contributed by atoms with Crippen molar-refractivity contribution in [3.63, 3.8) is 0 Å². The number of benzene rings is 3. The average molecular weight is 453 g/mol. The fourth-order valence-corrected chi connectivity index (χ4v) is 3.51. The van der Waals surface area contributed by atoms with Crippen LogP contribution in [0.1, 0.15) is 33.3 Å². The minimum atomic E-state index is -0.673. The lowest BCUT2D eigenvalue weighted by Gasteiger charge is -2.31. The van der Waals surface area contributed by atoms with Gasteiger partial charge in [-0.1, -0.05) is 60.1 Å². The van der Waals surface area contributed by atoms with E-state index in [1.54, 1.807) is 19.1 Å². The molecule has 6 heteroatoms. The van der Waals surface area contributed by atoms with Gasteiger partial charge >= 0.3 is 0 Å². The highest BCUT2D eigenvalue weighted by Gasteiger charge is 2.28. The molecule has 0 aliphatic carbocycles. The van der Waals surface area contributed by atoms with Crippen LogP contribution in [-0.2, 0) is 16.1 Å². The molecule has 0 heterocycles. The van der Waals surface area contributed by atoms with E-state index in [0.29, 0.717) is 10.8 Å². The summed E-state index contributed by atoms with van der Waals surface area (Å²) in [5, 5.41) is 5.54. The lowest BCUT2D eigenvalue weighted by atomic mass is 10.1. The summed E-state index contributed by atoms with van der Waals surface area (Å²) in [7, 11) is 0. The van der Waals surface area contributed by atoms with E-state index in [4.69, 9.17) is 16.3 Å². The largest absolute Gasteiger partial charge is 0.483 e. The lowest BCUT2D eigenvalue weighted by molar-refractivity contribution is -0.142. The lowest BCUT2D eigenvalue weighted by Crippen LogP contribution is -2.53. The minimum absolute atomic E-state index is 0.172. The third kappa shape index (κ3) is 6.24. The van der Waals surface area contributed by atoms with Gasteiger partial charge in [0, 0.05) is 22.5 Å². The van der Waals surface area contributed by atoms with E-state index in [1.807, 2.05) is 75.4 Å². The van der Waals surface area contributed by atoms with E-state index in [2.05, 4.69) is 5.32 Å². The summed E-state index contributed by atoms with van der Waals surface area (Å²) in [5.74, 6) is 0.143. The van der Waals surface area contributed by atoms with Crippen molar-refractivity contribution in [3.05, 3.63) is 77.3 Å². The molecule has 3 aromatic rings. The zero-order valence-electron chi connectivity index (χ0n) is 18.9. The number of rotatable bonds is 7. The molecule has 1 atom stereocenters. The Balaban J connectivity index is 1.80. The Kier molecular flexibility index (Phi) is 7.41. The molecule has 0 aliphatic heterocycles. The van der Waals surface area contributed by atoms with Crippen molar-refractivity contribution in [3.8, 4) is 5.75 Å². The third-order valence-corrected chi connectivity index (χ3v) is 5.28. The molecular weight excluding hydrogens is 424 g/mol. The van der Waals surface area contributed by atoms with Gasteiger partial charge in [0.25, 0.3) is 5.91 Å². The maximum absolute atomic E-state index is 13.2. The average Bonchev–Trinajstić information content (AvgIpc) is 2.75. The van der Waals surface area contributed by atoms with Crippen LogP contribution in [0.5, 0.6) is 5.75 Å². The van der Waals surface area contributed by atoms with E-state index >= 15 is 0 Å². The number of halogens is 1. The van der Waals surface area contributed by atoms with Crippen molar-refractivity contribution >= 4 is 34.2 Å². The second-order valence-corrected chi connectivity index (χ2v) is 9.27. The third-order valence-electron chi connectivity index (χ3n) is 5.03. The summed E-state index contributed by atoms with van der Waals surface area (Å²) in [6, 6.07) is 20.1. The highest BCUT2D eigenvalue weighted by Crippen LogP contribution is 2.25. The number of nitrogens with one attached hydrogen (secondary N) is 1. The summed E-state index contributed by atoms with van der Waals surface area (Å²) in [6.07, 6.45) is 0. The zero-order chi connectivity index (χ0) is 23.3. The molecule has 32 heavy (non-hydrogen) atoms. The molecule has 0 aromatic heterocycles. The van der Waals surface area contributed by atoms with Crippen LogP contribution in [0.3, 0.4) is 0 Å². The van der Waals surface area contributed by atoms with Crippen LogP contribution < -0.4 is 10.1 Å². The Labute approximate surface area is 194 Å². The number of carbonyl (C=O) groups excluding carboxylic acids is 2. The van der Waals surface area contributed by atoms with Crippen molar-refractivity contribution in [2.75, 3.05) is 6.61 Å². The molecule has 1 N–H and O–H groups in total. The molecule has 168 valence electrons. The molecule has 0 radical (unpaired) electrons. The van der Waals surface area contributed by atoms with Crippen LogP contribution in [0.2, 0.25) is 5.02 Å². The summed E-state index contributed by atoms with van der Waals surface area (Å²) in [4.78, 5) is 27.6. The van der Waals surface area contributed by atoms with E-state index in [1.165, 1.54) is 4.90 Å². The standard InChI is InChI=1S/C26H29ClN2O3/c1-18(25(31)28-26(2,3)4)29(16-19-12-14-21(27)15-13-19)24(30)17-32-23-11-7-9-20-8-5-6-10-22(20)23/h5-15,18H,16-17H2,1-4H3,(H,28,31)/t18-/m0/s1. The summed E-state index contributed by atoms with van der Waals surface area (Å²) in [5.41, 5.74) is 0.475. The minimum Gasteiger partial charge on any atom is -0.483 e. The molecule has 0 saturated carbocycles. The molecule has 0 spiro atoms. The predicted molar refractivity (Wildman–Crippen MR) is 129 cm³/mol. The molecule has 5 nitrogen and oxygen atoms in total. The van der Waals surface area contributed by atoms with Gasteiger partial charge in [0.1, 0.15) is 11.8 Å². The number of hydrogen-bond acceptors (Lipinski definition) is 3. The van der Waals surface area contributed by atoms with Gasteiger partial charge < -0.3 is 15.0 Å². The van der Waals surface area contributed by atoms with Gasteiger partial charge in [-0.15, -0.1) is 0 Å². The topological polar surface area (TPSA) is 58.6 Å². The molecule has 0 saturated heterocycles. The first-order valence-electron chi connectivity index (χ1n) is 10.6. The first-order valence-corrected chi connectivity index (χ1v) is 11.0. The Hall–Kier alpha value is -3.05. The normalized spacial score (nSPS) is 12.3. The van der Waals surface area contributed by atoms with Gasteiger partial charge in [-0.25, -0.2) is 0 Å². The highest BCUT2D eigenvalue weighted by molar-refractivity contribution is 6.30. The molecule has 0 bridgehead atoms. The van der Waals surface area contributed by atoms with Crippen molar-refractivity contribution in [1.82, 2.24) is 10.2 Å². The van der Waals surface area contributed by atoms with Crippen LogP contribution in [-0.4, -0.2) is 34.9 Å². The van der Waals surface area contributed by atoms with Gasteiger partial charge in [0.15, 0.2) is 6.61 Å². The smallest absolute Gasteiger partial charge is 0.261 e. The monoisotopic (exact) mass is 452 g/mol. The molecule has 3 aromatic carbocycles. The van der Waals surface area contributed by atoms with Crippen molar-refractivity contribution < 1.29 is 14.3 Å². The van der Waals surface area contributed by atoms with Crippen LogP contribution in [0.15, 0.2) is 66.7 Å². The summed E-state index contributed by atoms with van der Waals surface area (Å²) >= 11 is 6.00. The number of fused-ring (bicyclic) bond motifs is 1. The Morgan fingerprint density at radius 1 is 1.00 bits per heavy atom. The first-order chi connectivity index (χ1) is 15.1. The quantitative estimate of drug-likeness (QED) is 0.535. The van der Waals surface area contributed by atoms with Gasteiger partial charge in [-0.2, -0.15) is 0 Å². The number of ether oxygens (including phenoxy) is 1. The fraction of sp³-hybridized carbons (Fsp3) is 0.308. The summed E-state index contributed by atoms with van der Waals surface area (Å²) < 4.78 is 5.91. The molecule has 0 fully saturated rings. The fourth-order valence-electron chi connectivity index (χ4n) is 3.39. The number of hydrogen-bond donors (Lipinski definition) is 1. The number of amides is 2. The predicted octanol–water partition coefficient (Wildman–Crippen LogP) is 5.20. The van der Waals surface area contributed by atoms with Gasteiger partial charge in [-0.05, 0) is 56.8 Å². The molecule has 2 amide bonds. The SMILES string of the molecule is C[C@@H](C(=O)NC(C)(C)C)N(Cc1ccc(Cl)cc1)C(=O)COc1cccc2ccccc12. The maximum atomic E-state index is 13.2. The van der Waals surface area contributed by atoms with E-state index in [-0.39, 0.29) is 25.0 Å². The second kappa shape index (κ2) is 10.0. The van der Waals surface area contributed by atoms with Gasteiger partial charge in [0.05, 0.1) is 0 Å². The summed E-state index contributed by atoms with van der Waals surface area (Å²) in [6.45, 7) is 7.56. The van der Waals surface area contributed by atoms with E-state index in [9.17, 15) is 9.59 Å².